The van der Waals surface area contributed by atoms with Crippen molar-refractivity contribution in [1.82, 2.24) is 15.1 Å². The highest BCUT2D eigenvalue weighted by Gasteiger charge is 2.30. The third-order valence-corrected chi connectivity index (χ3v) is 4.80. The van der Waals surface area contributed by atoms with Crippen LogP contribution < -0.4 is 5.32 Å². The molecule has 1 fully saturated rings. The molecule has 1 aliphatic heterocycles. The number of rotatable bonds is 4. The minimum atomic E-state index is 0.187. The van der Waals surface area contributed by atoms with Crippen LogP contribution in [0, 0.1) is 0 Å². The summed E-state index contributed by atoms with van der Waals surface area (Å²) in [5, 5.41) is 5.12. The van der Waals surface area contributed by atoms with Crippen LogP contribution in [0.1, 0.15) is 24.9 Å². The summed E-state index contributed by atoms with van der Waals surface area (Å²) in [7, 11) is 4.39. The number of benzene rings is 1. The van der Waals surface area contributed by atoms with Gasteiger partial charge in [-0.05, 0) is 63.9 Å². The lowest BCUT2D eigenvalue weighted by Crippen LogP contribution is -2.47. The number of nitrogens with one attached hydrogen (secondary N) is 1. The van der Waals surface area contributed by atoms with Gasteiger partial charge >= 0.3 is 0 Å². The van der Waals surface area contributed by atoms with Crippen molar-refractivity contribution in [2.75, 3.05) is 40.3 Å². The van der Waals surface area contributed by atoms with E-state index >= 15 is 0 Å². The quantitative estimate of drug-likeness (QED) is 0.914. The molecule has 0 aliphatic carbocycles. The van der Waals surface area contributed by atoms with Crippen LogP contribution in [0.15, 0.2) is 18.2 Å². The Morgan fingerprint density at radius 1 is 1.29 bits per heavy atom. The van der Waals surface area contributed by atoms with E-state index in [1.165, 1.54) is 6.42 Å². The van der Waals surface area contributed by atoms with Crippen LogP contribution in [0.5, 0.6) is 0 Å². The lowest BCUT2D eigenvalue weighted by molar-refractivity contribution is 0.179. The first-order valence-electron chi connectivity index (χ1n) is 7.60. The minimum absolute atomic E-state index is 0.187. The van der Waals surface area contributed by atoms with Crippen LogP contribution in [-0.4, -0.2) is 56.1 Å². The van der Waals surface area contributed by atoms with Crippen molar-refractivity contribution in [1.29, 1.82) is 0 Å². The molecule has 0 spiro atoms. The van der Waals surface area contributed by atoms with Crippen LogP contribution in [-0.2, 0) is 0 Å². The summed E-state index contributed by atoms with van der Waals surface area (Å²) in [6.45, 7) is 6.31. The zero-order valence-corrected chi connectivity index (χ0v) is 14.6. The summed E-state index contributed by atoms with van der Waals surface area (Å²) in [6.07, 6.45) is 1.20. The Kier molecular flexibility index (Phi) is 6.33. The standard InChI is InChI=1S/C16H25Cl2N3/c1-4-19-16(13-10-12(17)6-7-14(13)18)15-11-20(2)8-5-9-21(15)3/h6-7,10,15-16,19H,4-5,8-9,11H2,1-3H3. The molecule has 1 aliphatic rings. The van der Waals surface area contributed by atoms with E-state index in [1.54, 1.807) is 0 Å². The molecular formula is C16H25Cl2N3. The molecule has 118 valence electrons. The van der Waals surface area contributed by atoms with Crippen molar-refractivity contribution in [2.45, 2.75) is 25.4 Å². The van der Waals surface area contributed by atoms with E-state index < -0.39 is 0 Å². The molecule has 2 atom stereocenters. The van der Waals surface area contributed by atoms with E-state index in [-0.39, 0.29) is 6.04 Å². The molecule has 5 heteroatoms. The number of nitrogens with zero attached hydrogens (tertiary/aromatic N) is 2. The molecule has 1 N–H and O–H groups in total. The molecule has 2 unspecified atom stereocenters. The van der Waals surface area contributed by atoms with Gasteiger partial charge in [-0.15, -0.1) is 0 Å². The van der Waals surface area contributed by atoms with Crippen LogP contribution in [0.25, 0.3) is 0 Å². The molecule has 0 saturated carbocycles. The molecular weight excluding hydrogens is 305 g/mol. The SMILES string of the molecule is CCNC(c1cc(Cl)ccc1Cl)C1CN(C)CCCN1C. The average Bonchev–Trinajstić information content (AvgIpc) is 2.61. The van der Waals surface area contributed by atoms with Crippen molar-refractivity contribution in [2.24, 2.45) is 0 Å². The molecule has 0 aromatic heterocycles. The van der Waals surface area contributed by atoms with Gasteiger partial charge in [-0.1, -0.05) is 30.1 Å². The van der Waals surface area contributed by atoms with E-state index in [9.17, 15) is 0 Å². The summed E-state index contributed by atoms with van der Waals surface area (Å²) in [6, 6.07) is 6.30. The third-order valence-electron chi connectivity index (χ3n) is 4.22. The smallest absolute Gasteiger partial charge is 0.0505 e. The van der Waals surface area contributed by atoms with Crippen molar-refractivity contribution < 1.29 is 0 Å². The molecule has 3 nitrogen and oxygen atoms in total. The highest BCUT2D eigenvalue weighted by atomic mass is 35.5. The van der Waals surface area contributed by atoms with E-state index in [4.69, 9.17) is 23.2 Å². The zero-order chi connectivity index (χ0) is 15.4. The van der Waals surface area contributed by atoms with E-state index in [0.29, 0.717) is 6.04 Å². The van der Waals surface area contributed by atoms with Crippen molar-refractivity contribution in [3.63, 3.8) is 0 Å². The lowest BCUT2D eigenvalue weighted by Gasteiger charge is -2.35. The van der Waals surface area contributed by atoms with Gasteiger partial charge in [-0.2, -0.15) is 0 Å². The molecule has 2 rings (SSSR count). The van der Waals surface area contributed by atoms with E-state index in [1.807, 2.05) is 18.2 Å². The van der Waals surface area contributed by atoms with E-state index in [0.717, 1.165) is 41.8 Å². The van der Waals surface area contributed by atoms with Gasteiger partial charge in [-0.25, -0.2) is 0 Å². The first kappa shape index (κ1) is 17.0. The van der Waals surface area contributed by atoms with Crippen LogP contribution >= 0.6 is 23.2 Å². The maximum atomic E-state index is 6.44. The van der Waals surface area contributed by atoms with Crippen molar-refractivity contribution in [3.05, 3.63) is 33.8 Å². The topological polar surface area (TPSA) is 18.5 Å². The summed E-state index contributed by atoms with van der Waals surface area (Å²) < 4.78 is 0. The molecule has 21 heavy (non-hydrogen) atoms. The summed E-state index contributed by atoms with van der Waals surface area (Å²) in [4.78, 5) is 4.84. The third kappa shape index (κ3) is 4.33. The molecule has 0 amide bonds. The fourth-order valence-corrected chi connectivity index (χ4v) is 3.51. The highest BCUT2D eigenvalue weighted by Crippen LogP contribution is 2.31. The van der Waals surface area contributed by atoms with Gasteiger partial charge in [0.2, 0.25) is 0 Å². The highest BCUT2D eigenvalue weighted by molar-refractivity contribution is 6.33. The van der Waals surface area contributed by atoms with Crippen molar-refractivity contribution >= 4 is 23.2 Å². The second-order valence-corrected chi connectivity index (χ2v) is 6.71. The van der Waals surface area contributed by atoms with Gasteiger partial charge in [0, 0.05) is 22.6 Å². The van der Waals surface area contributed by atoms with Gasteiger partial charge < -0.3 is 15.1 Å². The predicted octanol–water partition coefficient (Wildman–Crippen LogP) is 3.28. The Hall–Kier alpha value is -0.320. The zero-order valence-electron chi connectivity index (χ0n) is 13.1. The fraction of sp³-hybridized carbons (Fsp3) is 0.625. The Labute approximate surface area is 138 Å². The van der Waals surface area contributed by atoms with Gasteiger partial charge in [0.15, 0.2) is 0 Å². The van der Waals surface area contributed by atoms with Gasteiger partial charge in [0.05, 0.1) is 6.04 Å². The number of halogens is 2. The summed E-state index contributed by atoms with van der Waals surface area (Å²) in [5.41, 5.74) is 1.10. The van der Waals surface area contributed by atoms with Gasteiger partial charge in [0.1, 0.15) is 0 Å². The molecule has 1 saturated heterocycles. The normalized spacial score (nSPS) is 23.0. The molecule has 0 radical (unpaired) electrons. The lowest BCUT2D eigenvalue weighted by atomic mass is 9.97. The van der Waals surface area contributed by atoms with E-state index in [2.05, 4.69) is 36.1 Å². The Morgan fingerprint density at radius 2 is 2.05 bits per heavy atom. The summed E-state index contributed by atoms with van der Waals surface area (Å²) in [5.74, 6) is 0. The van der Waals surface area contributed by atoms with Gasteiger partial charge in [0.25, 0.3) is 0 Å². The minimum Gasteiger partial charge on any atom is -0.309 e. The molecule has 1 heterocycles. The fourth-order valence-electron chi connectivity index (χ4n) is 3.09. The molecule has 0 bridgehead atoms. The Balaban J connectivity index is 2.34. The predicted molar refractivity (Wildman–Crippen MR) is 91.4 cm³/mol. The van der Waals surface area contributed by atoms with Crippen LogP contribution in [0.4, 0.5) is 0 Å². The van der Waals surface area contributed by atoms with Crippen LogP contribution in [0.2, 0.25) is 10.0 Å². The number of hydrogen-bond donors (Lipinski definition) is 1. The Morgan fingerprint density at radius 3 is 2.76 bits per heavy atom. The summed E-state index contributed by atoms with van der Waals surface area (Å²) >= 11 is 12.6. The molecule has 1 aromatic carbocycles. The second kappa shape index (κ2) is 7.80. The first-order valence-corrected chi connectivity index (χ1v) is 8.35. The number of likely N-dealkylation sites (N-methyl/N-ethyl adjacent to an activating group) is 3. The maximum absolute atomic E-state index is 6.44. The van der Waals surface area contributed by atoms with Gasteiger partial charge in [-0.3, -0.25) is 0 Å². The first-order chi connectivity index (χ1) is 10.0. The van der Waals surface area contributed by atoms with Crippen molar-refractivity contribution in [3.8, 4) is 0 Å². The largest absolute Gasteiger partial charge is 0.309 e. The van der Waals surface area contributed by atoms with Crippen LogP contribution in [0.3, 0.4) is 0 Å². The Bertz CT molecular complexity index is 467. The number of hydrogen-bond acceptors (Lipinski definition) is 3. The maximum Gasteiger partial charge on any atom is 0.0505 e. The molecule has 1 aromatic rings. The average molecular weight is 330 g/mol. The second-order valence-electron chi connectivity index (χ2n) is 5.86. The monoisotopic (exact) mass is 329 g/mol.